The zero-order chi connectivity index (χ0) is 17.5. The first-order chi connectivity index (χ1) is 12.2. The number of aryl methyl sites for hydroxylation is 1. The predicted molar refractivity (Wildman–Crippen MR) is 107 cm³/mol. The Bertz CT molecular complexity index is 598. The molecule has 2 aliphatic rings. The normalized spacial score (nSPS) is 19.1. The summed E-state index contributed by atoms with van der Waals surface area (Å²) in [6.45, 7) is 2.45. The van der Waals surface area contributed by atoms with Crippen molar-refractivity contribution in [1.29, 1.82) is 0 Å². The third kappa shape index (κ3) is 5.89. The van der Waals surface area contributed by atoms with Crippen LogP contribution in [0.1, 0.15) is 37.7 Å². The van der Waals surface area contributed by atoms with E-state index in [2.05, 4.69) is 23.5 Å². The standard InChI is InChI=1S/C19H26N2O3S.ClH/c22-18-14-25-19(23)21(18)12-6-2-1-5-11-20-13-16-10-9-15-7-3-4-8-17(15)24-16;/h3-4,7-8,16,20H,1-2,5-6,9-14H2;1H. The molecule has 26 heavy (non-hydrogen) atoms. The molecular weight excluding hydrogens is 372 g/mol. The Morgan fingerprint density at radius 3 is 2.77 bits per heavy atom. The molecule has 1 unspecified atom stereocenters. The zero-order valence-electron chi connectivity index (χ0n) is 14.9. The second-order valence-electron chi connectivity index (χ2n) is 6.60. The molecule has 1 saturated heterocycles. The molecule has 7 heteroatoms. The minimum absolute atomic E-state index is 0. The van der Waals surface area contributed by atoms with Crippen LogP contribution in [0.15, 0.2) is 24.3 Å². The number of thioether (sulfide) groups is 1. The molecule has 2 amide bonds. The van der Waals surface area contributed by atoms with E-state index in [1.807, 2.05) is 6.07 Å². The number of unbranched alkanes of at least 4 members (excludes halogenated alkanes) is 3. The van der Waals surface area contributed by atoms with Crippen molar-refractivity contribution >= 4 is 35.3 Å². The summed E-state index contributed by atoms with van der Waals surface area (Å²) in [5, 5.41) is 3.40. The Hall–Kier alpha value is -1.24. The molecule has 1 aromatic carbocycles. The largest absolute Gasteiger partial charge is 0.489 e. The molecule has 5 nitrogen and oxygen atoms in total. The second-order valence-corrected chi connectivity index (χ2v) is 7.53. The third-order valence-corrected chi connectivity index (χ3v) is 5.56. The van der Waals surface area contributed by atoms with E-state index >= 15 is 0 Å². The summed E-state index contributed by atoms with van der Waals surface area (Å²) < 4.78 is 6.02. The quantitative estimate of drug-likeness (QED) is 0.643. The van der Waals surface area contributed by atoms with E-state index in [0.29, 0.717) is 12.3 Å². The van der Waals surface area contributed by atoms with Gasteiger partial charge in [0.05, 0.1) is 5.75 Å². The van der Waals surface area contributed by atoms with Gasteiger partial charge in [-0.3, -0.25) is 14.5 Å². The fourth-order valence-electron chi connectivity index (χ4n) is 3.26. The van der Waals surface area contributed by atoms with Crippen LogP contribution >= 0.6 is 24.2 Å². The fraction of sp³-hybridized carbons (Fsp3) is 0.579. The molecule has 1 fully saturated rings. The molecule has 0 aliphatic carbocycles. The highest BCUT2D eigenvalue weighted by molar-refractivity contribution is 8.14. The van der Waals surface area contributed by atoms with Crippen molar-refractivity contribution in [3.05, 3.63) is 29.8 Å². The molecule has 1 N–H and O–H groups in total. The summed E-state index contributed by atoms with van der Waals surface area (Å²) in [6.07, 6.45) is 6.61. The smallest absolute Gasteiger partial charge is 0.288 e. The van der Waals surface area contributed by atoms with Crippen LogP contribution in [0.2, 0.25) is 0 Å². The molecule has 144 valence electrons. The van der Waals surface area contributed by atoms with Crippen LogP contribution in [0, 0.1) is 0 Å². The van der Waals surface area contributed by atoms with Crippen LogP contribution in [0.25, 0.3) is 0 Å². The van der Waals surface area contributed by atoms with Crippen LogP contribution in [-0.4, -0.2) is 47.5 Å². The Labute approximate surface area is 165 Å². The number of rotatable bonds is 9. The van der Waals surface area contributed by atoms with Crippen LogP contribution in [0.4, 0.5) is 4.79 Å². The van der Waals surface area contributed by atoms with Crippen LogP contribution in [-0.2, 0) is 11.2 Å². The van der Waals surface area contributed by atoms with Gasteiger partial charge in [-0.15, -0.1) is 12.4 Å². The Kier molecular flexibility index (Phi) is 8.75. The topological polar surface area (TPSA) is 58.6 Å². The maximum Gasteiger partial charge on any atom is 0.288 e. The number of carbonyl (C=O) groups is 2. The number of nitrogens with one attached hydrogen (secondary N) is 1. The van der Waals surface area contributed by atoms with Crippen molar-refractivity contribution < 1.29 is 14.3 Å². The minimum atomic E-state index is -0.0827. The molecule has 1 aromatic rings. The number of hydrogen-bond donors (Lipinski definition) is 1. The van der Waals surface area contributed by atoms with Crippen molar-refractivity contribution in [2.75, 3.05) is 25.4 Å². The van der Waals surface area contributed by atoms with Crippen LogP contribution in [0.5, 0.6) is 5.75 Å². The number of amides is 2. The van der Waals surface area contributed by atoms with E-state index in [4.69, 9.17) is 4.74 Å². The van der Waals surface area contributed by atoms with Gasteiger partial charge in [0.1, 0.15) is 11.9 Å². The average Bonchev–Trinajstić information content (AvgIpc) is 2.95. The highest BCUT2D eigenvalue weighted by Crippen LogP contribution is 2.26. The highest BCUT2D eigenvalue weighted by Gasteiger charge is 2.28. The van der Waals surface area contributed by atoms with Gasteiger partial charge in [-0.25, -0.2) is 0 Å². The SMILES string of the molecule is Cl.O=C1CSC(=O)N1CCCCCCNCC1CCc2ccccc2O1. The lowest BCUT2D eigenvalue weighted by Gasteiger charge is -2.26. The van der Waals surface area contributed by atoms with E-state index in [0.717, 1.165) is 69.1 Å². The van der Waals surface area contributed by atoms with Crippen molar-refractivity contribution in [3.63, 3.8) is 0 Å². The number of nitrogens with zero attached hydrogens (tertiary/aromatic N) is 1. The third-order valence-electron chi connectivity index (χ3n) is 4.70. The number of benzene rings is 1. The molecule has 2 heterocycles. The number of imide groups is 1. The van der Waals surface area contributed by atoms with Gasteiger partial charge in [-0.2, -0.15) is 0 Å². The molecule has 0 radical (unpaired) electrons. The lowest BCUT2D eigenvalue weighted by molar-refractivity contribution is -0.124. The summed E-state index contributed by atoms with van der Waals surface area (Å²) >= 11 is 1.11. The number of ether oxygens (including phenoxy) is 1. The first kappa shape index (κ1) is 21.1. The fourth-order valence-corrected chi connectivity index (χ4v) is 4.01. The van der Waals surface area contributed by atoms with Gasteiger partial charge in [0.2, 0.25) is 5.91 Å². The van der Waals surface area contributed by atoms with Crippen LogP contribution in [0.3, 0.4) is 0 Å². The van der Waals surface area contributed by atoms with Gasteiger partial charge in [0.15, 0.2) is 0 Å². The molecule has 0 bridgehead atoms. The van der Waals surface area contributed by atoms with Gasteiger partial charge >= 0.3 is 0 Å². The highest BCUT2D eigenvalue weighted by atomic mass is 35.5. The van der Waals surface area contributed by atoms with Gasteiger partial charge in [-0.05, 0) is 43.9 Å². The monoisotopic (exact) mass is 398 g/mol. The number of halogens is 1. The zero-order valence-corrected chi connectivity index (χ0v) is 16.6. The molecular formula is C19H27ClN2O3S. The molecule has 0 aromatic heterocycles. The maximum absolute atomic E-state index is 11.5. The summed E-state index contributed by atoms with van der Waals surface area (Å²) in [6, 6.07) is 8.28. The van der Waals surface area contributed by atoms with Crippen molar-refractivity contribution in [3.8, 4) is 5.75 Å². The summed E-state index contributed by atoms with van der Waals surface area (Å²) in [7, 11) is 0. The predicted octanol–water partition coefficient (Wildman–Crippen LogP) is 3.65. The van der Waals surface area contributed by atoms with Crippen molar-refractivity contribution in [1.82, 2.24) is 10.2 Å². The molecule has 3 rings (SSSR count). The lowest BCUT2D eigenvalue weighted by atomic mass is 10.0. The summed E-state index contributed by atoms with van der Waals surface area (Å²) in [5.41, 5.74) is 1.31. The van der Waals surface area contributed by atoms with Crippen molar-refractivity contribution in [2.24, 2.45) is 0 Å². The van der Waals surface area contributed by atoms with E-state index in [-0.39, 0.29) is 29.7 Å². The van der Waals surface area contributed by atoms with E-state index in [1.54, 1.807) is 0 Å². The van der Waals surface area contributed by atoms with Gasteiger partial charge in [0.25, 0.3) is 5.24 Å². The second kappa shape index (κ2) is 10.8. The summed E-state index contributed by atoms with van der Waals surface area (Å²) in [4.78, 5) is 24.3. The Morgan fingerprint density at radius 2 is 1.96 bits per heavy atom. The first-order valence-corrected chi connectivity index (χ1v) is 10.1. The molecule has 2 aliphatic heterocycles. The van der Waals surface area contributed by atoms with Gasteiger partial charge < -0.3 is 10.1 Å². The Morgan fingerprint density at radius 1 is 1.15 bits per heavy atom. The van der Waals surface area contributed by atoms with E-state index in [1.165, 1.54) is 10.5 Å². The molecule has 1 atom stereocenters. The number of fused-ring (bicyclic) bond motifs is 1. The molecule has 0 saturated carbocycles. The maximum atomic E-state index is 11.5. The number of para-hydroxylation sites is 1. The van der Waals surface area contributed by atoms with Crippen LogP contribution < -0.4 is 10.1 Å². The number of carbonyl (C=O) groups excluding carboxylic acids is 2. The lowest BCUT2D eigenvalue weighted by Crippen LogP contribution is -2.34. The van der Waals surface area contributed by atoms with E-state index in [9.17, 15) is 9.59 Å². The Balaban J connectivity index is 0.00000243. The minimum Gasteiger partial charge on any atom is -0.489 e. The number of hydrogen-bond acceptors (Lipinski definition) is 5. The molecule has 0 spiro atoms. The average molecular weight is 399 g/mol. The van der Waals surface area contributed by atoms with Gasteiger partial charge in [0, 0.05) is 13.1 Å². The van der Waals surface area contributed by atoms with Gasteiger partial charge in [-0.1, -0.05) is 42.8 Å². The first-order valence-electron chi connectivity index (χ1n) is 9.16. The summed E-state index contributed by atoms with van der Waals surface area (Å²) in [5.74, 6) is 1.31. The van der Waals surface area contributed by atoms with Crippen molar-refractivity contribution in [2.45, 2.75) is 44.6 Å². The van der Waals surface area contributed by atoms with E-state index < -0.39 is 0 Å².